The van der Waals surface area contributed by atoms with Crippen LogP contribution in [0.5, 0.6) is 0 Å². The summed E-state index contributed by atoms with van der Waals surface area (Å²) in [5.74, 6) is 0.959. The summed E-state index contributed by atoms with van der Waals surface area (Å²) in [6.45, 7) is 7.61. The second kappa shape index (κ2) is 15.0. The van der Waals surface area contributed by atoms with E-state index in [-0.39, 0.29) is 22.4 Å². The van der Waals surface area contributed by atoms with Crippen molar-refractivity contribution < 1.29 is 18.6 Å². The van der Waals surface area contributed by atoms with Crippen molar-refractivity contribution in [1.29, 1.82) is 0 Å². The number of nitrogens with two attached hydrogens (primary N) is 1. The lowest BCUT2D eigenvalue weighted by Gasteiger charge is -2.17. The van der Waals surface area contributed by atoms with Crippen LogP contribution < -0.4 is 11.3 Å². The first-order valence-electron chi connectivity index (χ1n) is 11.0. The zero-order chi connectivity index (χ0) is 25.7. The van der Waals surface area contributed by atoms with Gasteiger partial charge in [-0.15, -0.1) is 0 Å². The topological polar surface area (TPSA) is 134 Å². The number of hydrogen-bond donors (Lipinski definition) is 2. The predicted octanol–water partition coefficient (Wildman–Crippen LogP) is 3.82. The van der Waals surface area contributed by atoms with Crippen LogP contribution in [-0.2, 0) is 31.7 Å². The van der Waals surface area contributed by atoms with Crippen molar-refractivity contribution in [1.82, 2.24) is 19.5 Å². The number of fused-ring (bicyclic) bond motifs is 1. The quantitative estimate of drug-likeness (QED) is 0.206. The molecule has 1 unspecified atom stereocenters. The van der Waals surface area contributed by atoms with Gasteiger partial charge in [0, 0.05) is 17.7 Å². The van der Waals surface area contributed by atoms with E-state index < -0.39 is 8.38 Å². The predicted molar refractivity (Wildman–Crippen MR) is 141 cm³/mol. The lowest BCUT2D eigenvalue weighted by atomic mass is 10.0. The number of anilines is 1. The van der Waals surface area contributed by atoms with Crippen molar-refractivity contribution >= 4 is 43.5 Å². The van der Waals surface area contributed by atoms with Gasteiger partial charge in [0.1, 0.15) is 12.6 Å². The van der Waals surface area contributed by atoms with Gasteiger partial charge in [-0.1, -0.05) is 51.1 Å². The van der Waals surface area contributed by atoms with Gasteiger partial charge in [0.25, 0.3) is 5.56 Å². The summed E-state index contributed by atoms with van der Waals surface area (Å²) in [7, 11) is -1.16. The molecule has 35 heavy (non-hydrogen) atoms. The van der Waals surface area contributed by atoms with Gasteiger partial charge in [-0.3, -0.25) is 9.78 Å². The molecule has 0 spiro atoms. The molecule has 192 valence electrons. The van der Waals surface area contributed by atoms with Crippen molar-refractivity contribution in [3.63, 3.8) is 0 Å². The van der Waals surface area contributed by atoms with Gasteiger partial charge >= 0.3 is 0 Å². The molecule has 0 aliphatic carbocycles. The Hall–Kier alpha value is -2.30. The minimum atomic E-state index is -1.16. The van der Waals surface area contributed by atoms with Gasteiger partial charge in [0.15, 0.2) is 19.5 Å². The second-order valence-electron chi connectivity index (χ2n) is 8.50. The molecule has 0 radical (unpaired) electrons. The van der Waals surface area contributed by atoms with E-state index in [0.717, 1.165) is 17.6 Å². The van der Waals surface area contributed by atoms with E-state index in [2.05, 4.69) is 15.0 Å². The molecule has 0 aliphatic heterocycles. The Balaban J connectivity index is 0.000000641. The van der Waals surface area contributed by atoms with E-state index >= 15 is 0 Å². The van der Waals surface area contributed by atoms with Gasteiger partial charge in [0.2, 0.25) is 5.95 Å². The third-order valence-electron chi connectivity index (χ3n) is 4.26. The van der Waals surface area contributed by atoms with Gasteiger partial charge < -0.3 is 28.9 Å². The molecule has 0 saturated heterocycles. The first-order chi connectivity index (χ1) is 16.7. The van der Waals surface area contributed by atoms with Gasteiger partial charge in [-0.2, -0.15) is 16.7 Å². The van der Waals surface area contributed by atoms with Crippen LogP contribution in [0.1, 0.15) is 26.3 Å². The fraction of sp³-hybridized carbons (Fsp3) is 0.478. The number of rotatable bonds is 12. The molecule has 3 N–H and O–H groups in total. The van der Waals surface area contributed by atoms with Crippen molar-refractivity contribution in [3.05, 3.63) is 52.6 Å². The summed E-state index contributed by atoms with van der Waals surface area (Å²) < 4.78 is 19.3. The molecule has 0 fully saturated rings. The van der Waals surface area contributed by atoms with E-state index in [9.17, 15) is 9.59 Å². The van der Waals surface area contributed by atoms with Gasteiger partial charge in [-0.05, 0) is 11.8 Å². The largest absolute Gasteiger partial charge is 0.370 e. The standard InChI is InChI=1S/C18H24N5O4PS.C5H10O/c1-29-10-9-26-28(27-11-14-5-3-2-4-6-14)13-25-8-7-23-12-20-15-16(23)21-18(19)22-17(15)24;1-5(2,3)4-6/h2-6,12H,7-11,13H2,1H3,(H3,19,21,22,24);4H,1-3H3. The normalized spacial score (nSPS) is 12.2. The minimum Gasteiger partial charge on any atom is -0.370 e. The molecule has 1 atom stereocenters. The first kappa shape index (κ1) is 28.9. The van der Waals surface area contributed by atoms with E-state index in [4.69, 9.17) is 19.5 Å². The molecular formula is C23H34N5O5PS. The number of nitrogens with one attached hydrogen (secondary N) is 1. The van der Waals surface area contributed by atoms with Gasteiger partial charge in [-0.25, -0.2) is 4.98 Å². The zero-order valence-electron chi connectivity index (χ0n) is 20.6. The fourth-order valence-corrected chi connectivity index (χ4v) is 3.95. The molecular weight excluding hydrogens is 489 g/mol. The average Bonchev–Trinajstić information content (AvgIpc) is 3.23. The van der Waals surface area contributed by atoms with Crippen LogP contribution in [0.2, 0.25) is 0 Å². The molecule has 0 amide bonds. The van der Waals surface area contributed by atoms with Crippen LogP contribution in [0.4, 0.5) is 5.95 Å². The molecule has 1 aromatic carbocycles. The van der Waals surface area contributed by atoms with E-state index in [1.165, 1.54) is 0 Å². The van der Waals surface area contributed by atoms with E-state index in [1.54, 1.807) is 22.7 Å². The number of carbonyl (C=O) groups excluding carboxylic acids is 1. The number of ether oxygens (including phenoxy) is 1. The number of aromatic nitrogens is 4. The highest BCUT2D eigenvalue weighted by atomic mass is 32.2. The molecule has 10 nitrogen and oxygen atoms in total. The molecule has 2 heterocycles. The minimum absolute atomic E-state index is 0.0604. The summed E-state index contributed by atoms with van der Waals surface area (Å²) >= 11 is 1.72. The zero-order valence-corrected chi connectivity index (χ0v) is 22.3. The number of aromatic amines is 1. The summed E-state index contributed by atoms with van der Waals surface area (Å²) in [5, 5.41) is 0. The van der Waals surface area contributed by atoms with Crippen LogP contribution in [0.25, 0.3) is 11.2 Å². The Morgan fingerprint density at radius 1 is 1.20 bits per heavy atom. The number of carbonyl (C=O) groups is 1. The third kappa shape index (κ3) is 10.9. The summed E-state index contributed by atoms with van der Waals surface area (Å²) in [4.78, 5) is 32.3. The molecule has 0 aliphatic rings. The smallest absolute Gasteiger partial charge is 0.280 e. The number of benzene rings is 1. The highest BCUT2D eigenvalue weighted by Crippen LogP contribution is 2.39. The molecule has 2 aromatic heterocycles. The van der Waals surface area contributed by atoms with Crippen molar-refractivity contribution in [2.75, 3.05) is 37.3 Å². The number of aldehydes is 1. The van der Waals surface area contributed by atoms with Crippen LogP contribution in [0, 0.1) is 5.41 Å². The number of imidazole rings is 1. The van der Waals surface area contributed by atoms with E-state index in [1.807, 2.05) is 57.4 Å². The maximum Gasteiger partial charge on any atom is 0.280 e. The fourth-order valence-electron chi connectivity index (χ4n) is 2.49. The van der Waals surface area contributed by atoms with Crippen LogP contribution in [0.15, 0.2) is 41.5 Å². The Labute approximate surface area is 210 Å². The number of H-pyrrole nitrogens is 1. The number of nitrogens with zero attached hydrogens (tertiary/aromatic N) is 3. The summed E-state index contributed by atoms with van der Waals surface area (Å²) in [6.07, 6.45) is 4.89. The maximum absolute atomic E-state index is 11.8. The van der Waals surface area contributed by atoms with E-state index in [0.29, 0.717) is 38.4 Å². The number of thioether (sulfide) groups is 1. The molecule has 3 aromatic rings. The third-order valence-corrected chi connectivity index (χ3v) is 6.12. The number of nitrogen functional groups attached to an aromatic ring is 1. The lowest BCUT2D eigenvalue weighted by Crippen LogP contribution is -2.13. The monoisotopic (exact) mass is 523 g/mol. The second-order valence-corrected chi connectivity index (χ2v) is 10.9. The highest BCUT2D eigenvalue weighted by molar-refractivity contribution is 7.98. The molecule has 0 saturated carbocycles. The number of hydrogen-bond acceptors (Lipinski definition) is 9. The van der Waals surface area contributed by atoms with Gasteiger partial charge in [0.05, 0.1) is 26.1 Å². The van der Waals surface area contributed by atoms with Crippen molar-refractivity contribution in [2.24, 2.45) is 5.41 Å². The molecule has 12 heteroatoms. The van der Waals surface area contributed by atoms with Crippen LogP contribution in [-0.4, -0.2) is 57.4 Å². The summed E-state index contributed by atoms with van der Waals surface area (Å²) in [6, 6.07) is 9.96. The highest BCUT2D eigenvalue weighted by Gasteiger charge is 2.13. The molecule has 3 rings (SSSR count). The Morgan fingerprint density at radius 3 is 2.57 bits per heavy atom. The average molecular weight is 524 g/mol. The first-order valence-corrected chi connectivity index (χ1v) is 13.8. The summed E-state index contributed by atoms with van der Waals surface area (Å²) in [5.41, 5.74) is 6.91. The van der Waals surface area contributed by atoms with Crippen LogP contribution in [0.3, 0.4) is 0 Å². The van der Waals surface area contributed by atoms with Crippen LogP contribution >= 0.6 is 20.1 Å². The SMILES string of the molecule is CC(C)(C)C=O.CSCCOP(COCCn1cnc2c(=O)[nH]c(N)nc21)OCc1ccccc1. The Kier molecular flexibility index (Phi) is 12.4. The van der Waals surface area contributed by atoms with Crippen molar-refractivity contribution in [3.8, 4) is 0 Å². The lowest BCUT2D eigenvalue weighted by molar-refractivity contribution is -0.113. The Morgan fingerprint density at radius 2 is 1.91 bits per heavy atom. The van der Waals surface area contributed by atoms with Crippen molar-refractivity contribution in [2.45, 2.75) is 33.9 Å². The molecule has 0 bridgehead atoms. The Bertz CT molecular complexity index is 1090. The maximum atomic E-state index is 11.8.